The van der Waals surface area contributed by atoms with Crippen LogP contribution in [0.4, 0.5) is 0 Å². The van der Waals surface area contributed by atoms with E-state index in [1.807, 2.05) is 0 Å². The van der Waals surface area contributed by atoms with E-state index in [4.69, 9.17) is 14.2 Å². The van der Waals surface area contributed by atoms with Gasteiger partial charge in [-0.15, -0.1) is 0 Å². The standard InChI is InChI=1S/C63H100O6/c1-4-7-10-13-16-19-22-25-28-30-32-34-35-38-41-44-47-50-53-56-62(65)68-59-60(58-67-61(64)55-52-49-46-43-40-37-27-24-21-18-15-12-9-6-3)69-63(66)57-54-51-48-45-42-39-36-33-31-29-26-23-20-17-14-11-8-5-2/h7,9-10,12,16-21,23,25-29,31-34,36-37,60H,4-6,8,11,13-15,22,24,30,35,38-59H2,1-3H3/b10-7-,12-9-,19-16-,20-17-,21-18-,26-23-,28-25-,31-29-,34-32-,36-33-,37-27-. The minimum Gasteiger partial charge on any atom is -0.462 e. The molecular weight excluding hydrogens is 853 g/mol. The van der Waals surface area contributed by atoms with E-state index in [1.54, 1.807) is 0 Å². The lowest BCUT2D eigenvalue weighted by Crippen LogP contribution is -2.30. The van der Waals surface area contributed by atoms with Crippen molar-refractivity contribution in [2.24, 2.45) is 0 Å². The lowest BCUT2D eigenvalue weighted by molar-refractivity contribution is -0.167. The highest BCUT2D eigenvalue weighted by molar-refractivity contribution is 5.71. The first kappa shape index (κ1) is 64.5. The van der Waals surface area contributed by atoms with E-state index in [1.165, 1.54) is 32.1 Å². The molecule has 0 N–H and O–H groups in total. The molecule has 0 radical (unpaired) electrons. The van der Waals surface area contributed by atoms with Gasteiger partial charge in [0.15, 0.2) is 6.10 Å². The minimum absolute atomic E-state index is 0.108. The van der Waals surface area contributed by atoms with Gasteiger partial charge in [0.25, 0.3) is 0 Å². The van der Waals surface area contributed by atoms with Crippen molar-refractivity contribution in [3.05, 3.63) is 134 Å². The number of rotatable bonds is 48. The molecule has 0 amide bonds. The van der Waals surface area contributed by atoms with Gasteiger partial charge in [-0.1, -0.05) is 225 Å². The first-order valence-corrected chi connectivity index (χ1v) is 27.7. The van der Waals surface area contributed by atoms with Crippen molar-refractivity contribution in [1.82, 2.24) is 0 Å². The van der Waals surface area contributed by atoms with Crippen LogP contribution in [0, 0.1) is 0 Å². The van der Waals surface area contributed by atoms with Crippen LogP contribution in [-0.4, -0.2) is 37.2 Å². The normalized spacial score (nSPS) is 13.1. The fraction of sp³-hybridized carbons (Fsp3) is 0.603. The molecule has 0 rings (SSSR count). The molecule has 6 heteroatoms. The van der Waals surface area contributed by atoms with Crippen LogP contribution in [0.5, 0.6) is 0 Å². The lowest BCUT2D eigenvalue weighted by atomic mass is 10.1. The smallest absolute Gasteiger partial charge is 0.306 e. The predicted molar refractivity (Wildman–Crippen MR) is 297 cm³/mol. The van der Waals surface area contributed by atoms with Gasteiger partial charge in [-0.3, -0.25) is 14.4 Å². The van der Waals surface area contributed by atoms with E-state index in [0.717, 1.165) is 154 Å². The van der Waals surface area contributed by atoms with E-state index in [-0.39, 0.29) is 37.5 Å². The Bertz CT molecular complexity index is 1510. The summed E-state index contributed by atoms with van der Waals surface area (Å²) in [6, 6.07) is 0. The largest absolute Gasteiger partial charge is 0.462 e. The zero-order valence-corrected chi connectivity index (χ0v) is 44.3. The monoisotopic (exact) mass is 953 g/mol. The molecule has 1 unspecified atom stereocenters. The van der Waals surface area contributed by atoms with Crippen molar-refractivity contribution in [2.75, 3.05) is 13.2 Å². The van der Waals surface area contributed by atoms with Crippen LogP contribution in [-0.2, 0) is 28.6 Å². The Morgan fingerprint density at radius 2 is 0.623 bits per heavy atom. The van der Waals surface area contributed by atoms with Gasteiger partial charge in [-0.05, 0) is 116 Å². The Morgan fingerprint density at radius 3 is 1.01 bits per heavy atom. The molecule has 0 aliphatic carbocycles. The highest BCUT2D eigenvalue weighted by Crippen LogP contribution is 2.13. The van der Waals surface area contributed by atoms with Gasteiger partial charge in [-0.2, -0.15) is 0 Å². The SMILES string of the molecule is CC/C=C\C/C=C\C/C=C\C/C=C\CCCCCCCCC(=O)OCC(COC(=O)CCCCCC/C=C\C/C=C\C/C=C\CC)OC(=O)CCCCCCC\C=C/C=C\C=C/C=C\CCCCC. The molecule has 0 aromatic carbocycles. The molecule has 0 aliphatic heterocycles. The first-order valence-electron chi connectivity index (χ1n) is 27.7. The van der Waals surface area contributed by atoms with Crippen molar-refractivity contribution in [3.8, 4) is 0 Å². The van der Waals surface area contributed by atoms with E-state index >= 15 is 0 Å². The zero-order chi connectivity index (χ0) is 50.0. The molecule has 0 aromatic heterocycles. The third-order valence-corrected chi connectivity index (χ3v) is 11.2. The molecule has 0 spiro atoms. The summed E-state index contributed by atoms with van der Waals surface area (Å²) in [6.45, 7) is 6.31. The number of unbranched alkanes of at least 4 members (excludes halogenated alkanes) is 18. The Balaban J connectivity index is 4.52. The quantitative estimate of drug-likeness (QED) is 0.0199. The molecule has 0 aromatic rings. The summed E-state index contributed by atoms with van der Waals surface area (Å²) in [7, 11) is 0. The Kier molecular flexibility index (Phi) is 52.5. The topological polar surface area (TPSA) is 78.9 Å². The highest BCUT2D eigenvalue weighted by atomic mass is 16.6. The number of esters is 3. The van der Waals surface area contributed by atoms with Crippen molar-refractivity contribution < 1.29 is 28.6 Å². The number of carbonyl (C=O) groups is 3. The first-order chi connectivity index (χ1) is 34.0. The molecule has 0 saturated carbocycles. The molecular formula is C63H100O6. The third kappa shape index (κ3) is 54.4. The molecule has 0 saturated heterocycles. The summed E-state index contributed by atoms with van der Waals surface area (Å²) in [6.07, 6.45) is 78.6. The Hall–Kier alpha value is -4.45. The van der Waals surface area contributed by atoms with Gasteiger partial charge in [0.1, 0.15) is 13.2 Å². The average molecular weight is 953 g/mol. The maximum absolute atomic E-state index is 12.8. The second-order valence-electron chi connectivity index (χ2n) is 17.8. The summed E-state index contributed by atoms with van der Waals surface area (Å²) < 4.78 is 16.8. The third-order valence-electron chi connectivity index (χ3n) is 11.2. The van der Waals surface area contributed by atoms with Crippen LogP contribution in [0.25, 0.3) is 0 Å². The molecule has 0 heterocycles. The molecule has 1 atom stereocenters. The van der Waals surface area contributed by atoms with E-state index in [2.05, 4.69) is 154 Å². The molecule has 0 fully saturated rings. The summed E-state index contributed by atoms with van der Waals surface area (Å²) in [4.78, 5) is 38.1. The molecule has 69 heavy (non-hydrogen) atoms. The van der Waals surface area contributed by atoms with E-state index in [9.17, 15) is 14.4 Å². The second kappa shape index (κ2) is 56.1. The summed E-state index contributed by atoms with van der Waals surface area (Å²) >= 11 is 0. The maximum Gasteiger partial charge on any atom is 0.306 e. The van der Waals surface area contributed by atoms with Crippen LogP contribution in [0.3, 0.4) is 0 Å². The van der Waals surface area contributed by atoms with Gasteiger partial charge in [0, 0.05) is 19.3 Å². The number of hydrogen-bond acceptors (Lipinski definition) is 6. The minimum atomic E-state index is -0.812. The van der Waals surface area contributed by atoms with Crippen LogP contribution in [0.15, 0.2) is 134 Å². The fourth-order valence-electron chi connectivity index (χ4n) is 7.11. The summed E-state index contributed by atoms with van der Waals surface area (Å²) in [5.41, 5.74) is 0. The molecule has 0 bridgehead atoms. The van der Waals surface area contributed by atoms with Gasteiger partial charge in [0.05, 0.1) is 0 Å². The molecule has 6 nitrogen and oxygen atoms in total. The predicted octanol–water partition coefficient (Wildman–Crippen LogP) is 18.6. The van der Waals surface area contributed by atoms with Crippen molar-refractivity contribution in [2.45, 2.75) is 232 Å². The van der Waals surface area contributed by atoms with Crippen LogP contribution in [0.1, 0.15) is 226 Å². The van der Waals surface area contributed by atoms with Crippen LogP contribution in [0.2, 0.25) is 0 Å². The number of ether oxygens (including phenoxy) is 3. The average Bonchev–Trinajstić information content (AvgIpc) is 3.35. The van der Waals surface area contributed by atoms with Crippen LogP contribution < -0.4 is 0 Å². The van der Waals surface area contributed by atoms with Crippen molar-refractivity contribution in [1.29, 1.82) is 0 Å². The number of carbonyl (C=O) groups excluding carboxylic acids is 3. The summed E-state index contributed by atoms with van der Waals surface area (Å²) in [5, 5.41) is 0. The Labute approximate surface area is 424 Å². The van der Waals surface area contributed by atoms with Gasteiger partial charge in [-0.25, -0.2) is 0 Å². The van der Waals surface area contributed by atoms with E-state index < -0.39 is 6.10 Å². The molecule has 388 valence electrons. The number of hydrogen-bond donors (Lipinski definition) is 0. The Morgan fingerprint density at radius 1 is 0.319 bits per heavy atom. The van der Waals surface area contributed by atoms with Crippen molar-refractivity contribution >= 4 is 17.9 Å². The maximum atomic E-state index is 12.8. The lowest BCUT2D eigenvalue weighted by Gasteiger charge is -2.18. The highest BCUT2D eigenvalue weighted by Gasteiger charge is 2.19. The number of allylic oxidation sites excluding steroid dienone is 22. The molecule has 0 aliphatic rings. The van der Waals surface area contributed by atoms with Crippen molar-refractivity contribution in [3.63, 3.8) is 0 Å². The van der Waals surface area contributed by atoms with Gasteiger partial charge in [0.2, 0.25) is 0 Å². The van der Waals surface area contributed by atoms with Gasteiger partial charge < -0.3 is 14.2 Å². The zero-order valence-electron chi connectivity index (χ0n) is 44.3. The second-order valence-corrected chi connectivity index (χ2v) is 17.8. The van der Waals surface area contributed by atoms with Gasteiger partial charge >= 0.3 is 17.9 Å². The van der Waals surface area contributed by atoms with E-state index in [0.29, 0.717) is 12.8 Å². The summed E-state index contributed by atoms with van der Waals surface area (Å²) in [5.74, 6) is -0.972. The van der Waals surface area contributed by atoms with Crippen LogP contribution >= 0.6 is 0 Å². The fourth-order valence-corrected chi connectivity index (χ4v) is 7.11.